The minimum atomic E-state index is -0.312. The summed E-state index contributed by atoms with van der Waals surface area (Å²) in [5.74, 6) is 1.29. The van der Waals surface area contributed by atoms with Crippen LogP contribution in [0.5, 0.6) is 0 Å². The zero-order valence-electron chi connectivity index (χ0n) is 18.7. The molecule has 0 unspecified atom stereocenters. The van der Waals surface area contributed by atoms with E-state index in [-0.39, 0.29) is 5.82 Å². The highest BCUT2D eigenvalue weighted by atomic mass is 19.1. The lowest BCUT2D eigenvalue weighted by Gasteiger charge is -2.10. The molecule has 164 valence electrons. The molecule has 0 fully saturated rings. The predicted octanol–water partition coefficient (Wildman–Crippen LogP) is 7.10. The number of allylic oxidation sites excluding steroid dienone is 2. The van der Waals surface area contributed by atoms with Crippen molar-refractivity contribution < 1.29 is 4.39 Å². The van der Waals surface area contributed by atoms with Gasteiger partial charge < -0.3 is 0 Å². The number of hydrogen-bond acceptors (Lipinski definition) is 4. The van der Waals surface area contributed by atoms with Crippen molar-refractivity contribution in [3.63, 3.8) is 0 Å². The Kier molecular flexibility index (Phi) is 8.48. The summed E-state index contributed by atoms with van der Waals surface area (Å²) >= 11 is 0. The van der Waals surface area contributed by atoms with Gasteiger partial charge in [0.05, 0.1) is 0 Å². The van der Waals surface area contributed by atoms with E-state index in [4.69, 9.17) is 0 Å². The van der Waals surface area contributed by atoms with Crippen molar-refractivity contribution in [3.8, 4) is 34.2 Å². The van der Waals surface area contributed by atoms with Crippen molar-refractivity contribution in [1.82, 2.24) is 15.0 Å². The van der Waals surface area contributed by atoms with Crippen LogP contribution in [0.25, 0.3) is 34.2 Å². The number of aryl methyl sites for hydroxylation is 1. The van der Waals surface area contributed by atoms with Crippen LogP contribution in [0.4, 0.5) is 4.39 Å². The Morgan fingerprint density at radius 3 is 1.85 bits per heavy atom. The third-order valence-electron chi connectivity index (χ3n) is 4.60. The minimum Gasteiger partial charge on any atom is -0.269 e. The summed E-state index contributed by atoms with van der Waals surface area (Å²) < 4.78 is 13.8. The molecule has 0 aliphatic rings. The first-order valence-corrected chi connectivity index (χ1v) is 10.5. The Labute approximate surface area is 194 Å². The van der Waals surface area contributed by atoms with Gasteiger partial charge in [0.2, 0.25) is 0 Å². The molecule has 0 aliphatic carbocycles. The second-order valence-corrected chi connectivity index (χ2v) is 6.98. The molecule has 4 rings (SSSR count). The summed E-state index contributed by atoms with van der Waals surface area (Å²) in [6.45, 7) is 7.26. The number of benzene rings is 3. The van der Waals surface area contributed by atoms with E-state index >= 15 is 0 Å². The second-order valence-electron chi connectivity index (χ2n) is 6.98. The van der Waals surface area contributed by atoms with Crippen LogP contribution in [0.3, 0.4) is 0 Å². The normalized spacial score (nSPS) is 10.8. The van der Waals surface area contributed by atoms with Gasteiger partial charge in [-0.1, -0.05) is 79.4 Å². The number of hydrogen-bond donors (Lipinski definition) is 0. The Hall–Kier alpha value is -4.25. The summed E-state index contributed by atoms with van der Waals surface area (Å²) in [6.07, 6.45) is 6.88. The Bertz CT molecular complexity index is 1190. The molecule has 4 nitrogen and oxygen atoms in total. The van der Waals surface area contributed by atoms with Crippen LogP contribution >= 0.6 is 0 Å². The molecule has 5 heteroatoms. The first kappa shape index (κ1) is 23.4. The first-order valence-electron chi connectivity index (χ1n) is 10.5. The first-order chi connectivity index (χ1) is 16.1. The fourth-order valence-corrected chi connectivity index (χ4v) is 2.96. The molecule has 0 spiro atoms. The van der Waals surface area contributed by atoms with Crippen molar-refractivity contribution in [3.05, 3.63) is 115 Å². The molecule has 0 atom stereocenters. The standard InChI is InChI=1S/C22H16FN3.C6H9N/c1-15-12-13-18(23)14-19(15)22-25-20(16-8-4-2-5-9-16)24-21(26-22)17-10-6-3-7-11-17;1-3-5-6-7-4-2/h2-14H,1H3;3-6H,1H2,2H3/b;6-5-,7-4?. The fraction of sp³-hybridized carbons (Fsp3) is 0.0714. The second kappa shape index (κ2) is 12.0. The minimum absolute atomic E-state index is 0.312. The van der Waals surface area contributed by atoms with Gasteiger partial charge in [0.25, 0.3) is 0 Å². The molecule has 33 heavy (non-hydrogen) atoms. The Balaban J connectivity index is 0.000000383. The zero-order chi connectivity index (χ0) is 23.5. The lowest BCUT2D eigenvalue weighted by Crippen LogP contribution is -2.01. The SMILES string of the molecule is C=C/C=C\N=CC.Cc1ccc(F)cc1-c1nc(-c2ccccc2)nc(-c2ccccc2)n1. The van der Waals surface area contributed by atoms with E-state index in [0.29, 0.717) is 23.0 Å². The van der Waals surface area contributed by atoms with E-state index in [0.717, 1.165) is 16.7 Å². The molecular formula is C28H25FN4. The van der Waals surface area contributed by atoms with Gasteiger partial charge in [-0.05, 0) is 37.6 Å². The van der Waals surface area contributed by atoms with Crippen molar-refractivity contribution in [2.24, 2.45) is 4.99 Å². The lowest BCUT2D eigenvalue weighted by atomic mass is 10.1. The van der Waals surface area contributed by atoms with Crippen LogP contribution in [0, 0.1) is 12.7 Å². The molecule has 0 saturated heterocycles. The van der Waals surface area contributed by atoms with Crippen LogP contribution in [-0.4, -0.2) is 21.2 Å². The number of nitrogens with zero attached hydrogens (tertiary/aromatic N) is 4. The summed E-state index contributed by atoms with van der Waals surface area (Å²) in [4.78, 5) is 17.6. The van der Waals surface area contributed by atoms with E-state index in [1.807, 2.05) is 74.5 Å². The van der Waals surface area contributed by atoms with E-state index in [1.54, 1.807) is 30.6 Å². The average Bonchev–Trinajstić information content (AvgIpc) is 2.87. The number of rotatable bonds is 5. The van der Waals surface area contributed by atoms with Crippen LogP contribution in [0.2, 0.25) is 0 Å². The van der Waals surface area contributed by atoms with Crippen LogP contribution in [0.15, 0.2) is 109 Å². The van der Waals surface area contributed by atoms with Gasteiger partial charge in [0, 0.05) is 29.1 Å². The molecule has 0 N–H and O–H groups in total. The van der Waals surface area contributed by atoms with Crippen molar-refractivity contribution in [2.45, 2.75) is 13.8 Å². The van der Waals surface area contributed by atoms with Crippen molar-refractivity contribution in [1.29, 1.82) is 0 Å². The van der Waals surface area contributed by atoms with Crippen molar-refractivity contribution in [2.75, 3.05) is 0 Å². The average molecular weight is 437 g/mol. The van der Waals surface area contributed by atoms with Crippen LogP contribution in [-0.2, 0) is 0 Å². The Morgan fingerprint density at radius 2 is 1.33 bits per heavy atom. The van der Waals surface area contributed by atoms with E-state index in [1.165, 1.54) is 12.1 Å². The Morgan fingerprint density at radius 1 is 0.788 bits per heavy atom. The number of aliphatic imine (C=N–C) groups is 1. The number of aromatic nitrogens is 3. The maximum absolute atomic E-state index is 13.8. The maximum Gasteiger partial charge on any atom is 0.164 e. The van der Waals surface area contributed by atoms with Gasteiger partial charge in [-0.25, -0.2) is 19.3 Å². The fourth-order valence-electron chi connectivity index (χ4n) is 2.96. The van der Waals surface area contributed by atoms with Crippen molar-refractivity contribution >= 4 is 6.21 Å². The van der Waals surface area contributed by atoms with Gasteiger partial charge >= 0.3 is 0 Å². The van der Waals surface area contributed by atoms with Crippen LogP contribution < -0.4 is 0 Å². The summed E-state index contributed by atoms with van der Waals surface area (Å²) in [6, 6.07) is 24.1. The van der Waals surface area contributed by atoms with Gasteiger partial charge in [-0.15, -0.1) is 0 Å². The highest BCUT2D eigenvalue weighted by molar-refractivity contribution is 5.67. The van der Waals surface area contributed by atoms with E-state index in [9.17, 15) is 4.39 Å². The van der Waals surface area contributed by atoms with Gasteiger partial charge in [-0.3, -0.25) is 4.99 Å². The predicted molar refractivity (Wildman–Crippen MR) is 134 cm³/mol. The molecule has 3 aromatic carbocycles. The van der Waals surface area contributed by atoms with E-state index in [2.05, 4.69) is 26.5 Å². The molecule has 1 aromatic heterocycles. The molecule has 0 radical (unpaired) electrons. The highest BCUT2D eigenvalue weighted by Gasteiger charge is 2.13. The topological polar surface area (TPSA) is 51.0 Å². The summed E-state index contributed by atoms with van der Waals surface area (Å²) in [5.41, 5.74) is 3.36. The number of halogens is 1. The third-order valence-corrected chi connectivity index (χ3v) is 4.60. The largest absolute Gasteiger partial charge is 0.269 e. The van der Waals surface area contributed by atoms with E-state index < -0.39 is 0 Å². The zero-order valence-corrected chi connectivity index (χ0v) is 18.7. The molecular weight excluding hydrogens is 411 g/mol. The molecule has 1 heterocycles. The molecule has 0 bridgehead atoms. The third kappa shape index (κ3) is 6.61. The molecule has 4 aromatic rings. The molecule has 0 amide bonds. The maximum atomic E-state index is 13.8. The van der Waals surface area contributed by atoms with Crippen LogP contribution in [0.1, 0.15) is 12.5 Å². The monoisotopic (exact) mass is 436 g/mol. The summed E-state index contributed by atoms with van der Waals surface area (Å²) in [7, 11) is 0. The van der Waals surface area contributed by atoms with Gasteiger partial charge in [0.1, 0.15) is 5.82 Å². The lowest BCUT2D eigenvalue weighted by molar-refractivity contribution is 0.627. The quantitative estimate of drug-likeness (QED) is 0.248. The van der Waals surface area contributed by atoms with Gasteiger partial charge in [0.15, 0.2) is 17.5 Å². The highest BCUT2D eigenvalue weighted by Crippen LogP contribution is 2.26. The summed E-state index contributed by atoms with van der Waals surface area (Å²) in [5, 5.41) is 0. The smallest absolute Gasteiger partial charge is 0.164 e. The van der Waals surface area contributed by atoms with Gasteiger partial charge in [-0.2, -0.15) is 0 Å². The molecule has 0 aliphatic heterocycles. The molecule has 0 saturated carbocycles.